The summed E-state index contributed by atoms with van der Waals surface area (Å²) in [4.78, 5) is 20.6. The maximum atomic E-state index is 12.8. The molecule has 26 heavy (non-hydrogen) atoms. The molecule has 0 aliphatic carbocycles. The van der Waals surface area contributed by atoms with Gasteiger partial charge in [0.15, 0.2) is 0 Å². The minimum atomic E-state index is -0.264. The number of nitrogens with one attached hydrogen (secondary N) is 2. The maximum Gasteiger partial charge on any atom is 0.268 e. The summed E-state index contributed by atoms with van der Waals surface area (Å²) in [6.07, 6.45) is 2.56. The number of likely N-dealkylation sites (tertiary alicyclic amines) is 1. The van der Waals surface area contributed by atoms with Gasteiger partial charge in [-0.15, -0.1) is 0 Å². The number of nitrogens with zero attached hydrogens (tertiary/aromatic N) is 2. The molecular weight excluding hydrogens is 324 g/mol. The van der Waals surface area contributed by atoms with Gasteiger partial charge < -0.3 is 20.1 Å². The van der Waals surface area contributed by atoms with Crippen molar-refractivity contribution in [1.82, 2.24) is 15.2 Å². The summed E-state index contributed by atoms with van der Waals surface area (Å²) >= 11 is 0. The van der Waals surface area contributed by atoms with Crippen LogP contribution in [0, 0.1) is 5.92 Å². The van der Waals surface area contributed by atoms with Crippen molar-refractivity contribution in [2.45, 2.75) is 39.2 Å². The molecule has 1 aromatic heterocycles. The van der Waals surface area contributed by atoms with E-state index in [0.29, 0.717) is 5.69 Å². The standard InChI is InChI=1S/C21H32N4O/c1-15-7-6-10-25(13-15)14-21(2,3)23-20(26)19-11-16-8-9-17(24(4)5)12-18(16)22-19/h8-9,11-12,15,22H,6-7,10,13-14H2,1-5H3,(H,23,26). The molecule has 142 valence electrons. The van der Waals surface area contributed by atoms with Crippen LogP contribution in [0.4, 0.5) is 5.69 Å². The Bertz CT molecular complexity index is 777. The normalized spacial score (nSPS) is 18.9. The van der Waals surface area contributed by atoms with Crippen LogP contribution < -0.4 is 10.2 Å². The number of hydrogen-bond acceptors (Lipinski definition) is 3. The fraction of sp³-hybridized carbons (Fsp3) is 0.571. The van der Waals surface area contributed by atoms with E-state index in [1.165, 1.54) is 12.8 Å². The molecule has 5 nitrogen and oxygen atoms in total. The maximum absolute atomic E-state index is 12.8. The zero-order chi connectivity index (χ0) is 18.9. The largest absolute Gasteiger partial charge is 0.378 e. The van der Waals surface area contributed by atoms with Gasteiger partial charge in [-0.3, -0.25) is 4.79 Å². The average molecular weight is 357 g/mol. The third-order valence-corrected chi connectivity index (χ3v) is 5.18. The molecule has 0 saturated carbocycles. The molecule has 0 spiro atoms. The highest BCUT2D eigenvalue weighted by molar-refractivity contribution is 5.99. The number of H-pyrrole nitrogens is 1. The fourth-order valence-electron chi connectivity index (χ4n) is 3.92. The van der Waals surface area contributed by atoms with Gasteiger partial charge in [0.1, 0.15) is 5.69 Å². The number of fused-ring (bicyclic) bond motifs is 1. The second-order valence-electron chi connectivity index (χ2n) is 8.67. The molecule has 1 amide bonds. The van der Waals surface area contributed by atoms with Gasteiger partial charge in [0.25, 0.3) is 5.91 Å². The first kappa shape index (κ1) is 18.8. The van der Waals surface area contributed by atoms with Crippen LogP contribution in [0.15, 0.2) is 24.3 Å². The highest BCUT2D eigenvalue weighted by Crippen LogP contribution is 2.22. The number of carbonyl (C=O) groups is 1. The van der Waals surface area contributed by atoms with Crippen molar-refractivity contribution in [1.29, 1.82) is 0 Å². The molecule has 2 N–H and O–H groups in total. The molecule has 1 aliphatic rings. The Balaban J connectivity index is 1.69. The van der Waals surface area contributed by atoms with Crippen molar-refractivity contribution in [2.24, 2.45) is 5.92 Å². The molecule has 2 heterocycles. The molecule has 3 rings (SSSR count). The van der Waals surface area contributed by atoms with Crippen molar-refractivity contribution >= 4 is 22.5 Å². The third-order valence-electron chi connectivity index (χ3n) is 5.18. The molecule has 0 radical (unpaired) electrons. The molecular formula is C21H32N4O. The van der Waals surface area contributed by atoms with E-state index in [1.54, 1.807) is 0 Å². The minimum absolute atomic E-state index is 0.0392. The monoisotopic (exact) mass is 356 g/mol. The van der Waals surface area contributed by atoms with E-state index in [2.05, 4.69) is 59.1 Å². The number of rotatable bonds is 5. The SMILES string of the molecule is CC1CCCN(CC(C)(C)NC(=O)c2cc3ccc(N(C)C)cc3[nH]2)C1. The fourth-order valence-corrected chi connectivity index (χ4v) is 3.92. The Hall–Kier alpha value is -2.01. The first-order chi connectivity index (χ1) is 12.2. The number of carbonyl (C=O) groups excluding carboxylic acids is 1. The second-order valence-corrected chi connectivity index (χ2v) is 8.67. The predicted octanol–water partition coefficient (Wildman–Crippen LogP) is 3.47. The van der Waals surface area contributed by atoms with E-state index < -0.39 is 0 Å². The van der Waals surface area contributed by atoms with Crippen LogP contribution in [0.3, 0.4) is 0 Å². The Labute approximate surface area is 156 Å². The zero-order valence-corrected chi connectivity index (χ0v) is 16.7. The molecule has 1 aliphatic heterocycles. The summed E-state index contributed by atoms with van der Waals surface area (Å²) in [5.41, 5.74) is 2.46. The van der Waals surface area contributed by atoms with Crippen LogP contribution in [0.1, 0.15) is 44.1 Å². The van der Waals surface area contributed by atoms with Crippen LogP contribution in [0.2, 0.25) is 0 Å². The van der Waals surface area contributed by atoms with E-state index in [0.717, 1.165) is 42.1 Å². The smallest absolute Gasteiger partial charge is 0.268 e. The Morgan fingerprint density at radius 1 is 1.35 bits per heavy atom. The summed E-state index contributed by atoms with van der Waals surface area (Å²) in [7, 11) is 4.03. The van der Waals surface area contributed by atoms with Gasteiger partial charge >= 0.3 is 0 Å². The quantitative estimate of drug-likeness (QED) is 0.862. The van der Waals surface area contributed by atoms with Crippen LogP contribution >= 0.6 is 0 Å². The lowest BCUT2D eigenvalue weighted by atomic mass is 9.97. The predicted molar refractivity (Wildman–Crippen MR) is 109 cm³/mol. The lowest BCUT2D eigenvalue weighted by Crippen LogP contribution is -2.53. The zero-order valence-electron chi connectivity index (χ0n) is 16.7. The van der Waals surface area contributed by atoms with Gasteiger partial charge in [0.05, 0.1) is 0 Å². The van der Waals surface area contributed by atoms with E-state index in [4.69, 9.17) is 0 Å². The number of piperidine rings is 1. The van der Waals surface area contributed by atoms with Crippen LogP contribution in [0.25, 0.3) is 10.9 Å². The van der Waals surface area contributed by atoms with Gasteiger partial charge in [-0.05, 0) is 57.4 Å². The number of aromatic nitrogens is 1. The lowest BCUT2D eigenvalue weighted by Gasteiger charge is -2.37. The number of anilines is 1. The van der Waals surface area contributed by atoms with Crippen LogP contribution in [0.5, 0.6) is 0 Å². The van der Waals surface area contributed by atoms with Crippen molar-refractivity contribution < 1.29 is 4.79 Å². The summed E-state index contributed by atoms with van der Waals surface area (Å²) in [6.45, 7) is 9.66. The van der Waals surface area contributed by atoms with E-state index in [-0.39, 0.29) is 11.4 Å². The number of hydrogen-bond donors (Lipinski definition) is 2. The molecule has 2 aromatic rings. The summed E-state index contributed by atoms with van der Waals surface area (Å²) in [5, 5.41) is 4.27. The molecule has 1 saturated heterocycles. The van der Waals surface area contributed by atoms with Crippen molar-refractivity contribution in [3.8, 4) is 0 Å². The van der Waals surface area contributed by atoms with Crippen molar-refractivity contribution in [3.05, 3.63) is 30.0 Å². The molecule has 1 aromatic carbocycles. The first-order valence-corrected chi connectivity index (χ1v) is 9.58. The molecule has 1 unspecified atom stereocenters. The number of benzene rings is 1. The van der Waals surface area contributed by atoms with Crippen molar-refractivity contribution in [2.75, 3.05) is 38.6 Å². The van der Waals surface area contributed by atoms with Gasteiger partial charge in [0.2, 0.25) is 0 Å². The number of amides is 1. The number of aromatic amines is 1. The Kier molecular flexibility index (Phi) is 5.28. The Morgan fingerprint density at radius 2 is 2.12 bits per heavy atom. The van der Waals surface area contributed by atoms with Gasteiger partial charge in [-0.2, -0.15) is 0 Å². The van der Waals surface area contributed by atoms with E-state index in [9.17, 15) is 4.79 Å². The Morgan fingerprint density at radius 3 is 2.81 bits per heavy atom. The first-order valence-electron chi connectivity index (χ1n) is 9.58. The summed E-state index contributed by atoms with van der Waals surface area (Å²) < 4.78 is 0. The van der Waals surface area contributed by atoms with Gasteiger partial charge in [-0.25, -0.2) is 0 Å². The highest BCUT2D eigenvalue weighted by atomic mass is 16.2. The molecule has 1 atom stereocenters. The summed E-state index contributed by atoms with van der Waals surface area (Å²) in [5.74, 6) is 0.706. The third kappa shape index (κ3) is 4.39. The van der Waals surface area contributed by atoms with Gasteiger partial charge in [0, 0.05) is 49.3 Å². The summed E-state index contributed by atoms with van der Waals surface area (Å²) in [6, 6.07) is 8.13. The second kappa shape index (κ2) is 7.31. The van der Waals surface area contributed by atoms with Crippen LogP contribution in [-0.2, 0) is 0 Å². The molecule has 5 heteroatoms. The van der Waals surface area contributed by atoms with Crippen molar-refractivity contribution in [3.63, 3.8) is 0 Å². The minimum Gasteiger partial charge on any atom is -0.378 e. The van der Waals surface area contributed by atoms with Crippen LogP contribution in [-0.4, -0.2) is 55.1 Å². The van der Waals surface area contributed by atoms with E-state index >= 15 is 0 Å². The highest BCUT2D eigenvalue weighted by Gasteiger charge is 2.27. The average Bonchev–Trinajstić information content (AvgIpc) is 2.97. The topological polar surface area (TPSA) is 51.4 Å². The molecule has 0 bridgehead atoms. The van der Waals surface area contributed by atoms with E-state index in [1.807, 2.05) is 20.2 Å². The van der Waals surface area contributed by atoms with Gasteiger partial charge in [-0.1, -0.05) is 13.0 Å². The lowest BCUT2D eigenvalue weighted by molar-refractivity contribution is 0.0859. The molecule has 1 fully saturated rings.